The van der Waals surface area contributed by atoms with Gasteiger partial charge in [-0.2, -0.15) is 13.2 Å². The summed E-state index contributed by atoms with van der Waals surface area (Å²) in [6, 6.07) is 10.2. The molecule has 2 aromatic heterocycles. The third kappa shape index (κ3) is 5.03. The van der Waals surface area contributed by atoms with Crippen molar-refractivity contribution in [2.75, 3.05) is 6.61 Å². The molecule has 0 radical (unpaired) electrons. The summed E-state index contributed by atoms with van der Waals surface area (Å²) in [6.07, 6.45) is -0.0707. The number of nitrogens with zero attached hydrogens (tertiary/aromatic N) is 2. The van der Waals surface area contributed by atoms with Crippen LogP contribution in [0.25, 0.3) is 6.08 Å². The van der Waals surface area contributed by atoms with Crippen LogP contribution in [0.15, 0.2) is 71.0 Å². The van der Waals surface area contributed by atoms with Gasteiger partial charge in [0.15, 0.2) is 0 Å². The number of rotatable bonds is 7. The lowest BCUT2D eigenvalue weighted by Crippen LogP contribution is -2.53. The van der Waals surface area contributed by atoms with E-state index in [2.05, 4.69) is 5.32 Å². The lowest BCUT2D eigenvalue weighted by atomic mass is 10.1. The largest absolute Gasteiger partial charge is 0.492 e. The predicted molar refractivity (Wildman–Crippen MR) is 112 cm³/mol. The third-order valence-corrected chi connectivity index (χ3v) is 5.00. The average molecular weight is 473 g/mol. The number of nitrogens with one attached hydrogen (secondary N) is 1. The number of carbonyl (C=O) groups excluding carboxylic acids is 3. The monoisotopic (exact) mass is 473 g/mol. The second-order valence-corrected chi connectivity index (χ2v) is 7.29. The molecule has 3 aromatic rings. The molecule has 11 heteroatoms. The van der Waals surface area contributed by atoms with Crippen LogP contribution in [0.2, 0.25) is 0 Å². The van der Waals surface area contributed by atoms with Crippen molar-refractivity contribution in [1.29, 1.82) is 0 Å². The molecule has 8 nitrogen and oxygen atoms in total. The Kier molecular flexibility index (Phi) is 6.26. The number of aromatic nitrogens is 1. The zero-order valence-corrected chi connectivity index (χ0v) is 17.5. The number of carbonyl (C=O) groups is 3. The van der Waals surface area contributed by atoms with Gasteiger partial charge in [-0.15, -0.1) is 0 Å². The van der Waals surface area contributed by atoms with Gasteiger partial charge in [-0.05, 0) is 48.5 Å². The first kappa shape index (κ1) is 22.9. The van der Waals surface area contributed by atoms with Gasteiger partial charge < -0.3 is 13.7 Å². The Morgan fingerprint density at radius 1 is 1.06 bits per heavy atom. The zero-order valence-electron chi connectivity index (χ0n) is 17.5. The highest BCUT2D eigenvalue weighted by Gasteiger charge is 2.36. The maximum absolute atomic E-state index is 12.9. The summed E-state index contributed by atoms with van der Waals surface area (Å²) in [4.78, 5) is 38.1. The number of amides is 4. The molecule has 176 valence electrons. The number of ether oxygens (including phenoxy) is 1. The molecular formula is C23H18F3N3O5. The van der Waals surface area contributed by atoms with Crippen LogP contribution >= 0.6 is 0 Å². The number of urea groups is 1. The number of alkyl halides is 3. The fourth-order valence-corrected chi connectivity index (χ4v) is 3.33. The molecule has 0 unspecified atom stereocenters. The van der Waals surface area contributed by atoms with Gasteiger partial charge in [0.2, 0.25) is 0 Å². The molecule has 1 aliphatic heterocycles. The Balaban J connectivity index is 1.46. The Morgan fingerprint density at radius 2 is 1.88 bits per heavy atom. The summed E-state index contributed by atoms with van der Waals surface area (Å²) < 4.78 is 50.8. The van der Waals surface area contributed by atoms with Crippen molar-refractivity contribution in [2.45, 2.75) is 19.3 Å². The number of barbiturate groups is 1. The highest BCUT2D eigenvalue weighted by Crippen LogP contribution is 2.31. The Morgan fingerprint density at radius 3 is 2.62 bits per heavy atom. The van der Waals surface area contributed by atoms with Crippen molar-refractivity contribution in [1.82, 2.24) is 14.8 Å². The smallest absolute Gasteiger partial charge is 0.416 e. The van der Waals surface area contributed by atoms with Gasteiger partial charge in [0.05, 0.1) is 24.9 Å². The van der Waals surface area contributed by atoms with Crippen molar-refractivity contribution >= 4 is 23.9 Å². The number of halogens is 3. The lowest BCUT2D eigenvalue weighted by Gasteiger charge is -2.25. The molecule has 3 heterocycles. The van der Waals surface area contributed by atoms with Crippen LogP contribution in [0.4, 0.5) is 18.0 Å². The molecule has 1 saturated heterocycles. The second-order valence-electron chi connectivity index (χ2n) is 7.29. The fourth-order valence-electron chi connectivity index (χ4n) is 3.33. The second kappa shape index (κ2) is 9.30. The van der Waals surface area contributed by atoms with E-state index in [-0.39, 0.29) is 31.0 Å². The van der Waals surface area contributed by atoms with Crippen LogP contribution in [0.1, 0.15) is 17.0 Å². The molecule has 0 bridgehead atoms. The van der Waals surface area contributed by atoms with E-state index in [1.54, 1.807) is 35.0 Å². The van der Waals surface area contributed by atoms with Gasteiger partial charge in [-0.1, -0.05) is 6.07 Å². The lowest BCUT2D eigenvalue weighted by molar-refractivity contribution is -0.137. The van der Waals surface area contributed by atoms with E-state index >= 15 is 0 Å². The predicted octanol–water partition coefficient (Wildman–Crippen LogP) is 3.84. The number of hydrogen-bond donors (Lipinski definition) is 1. The third-order valence-electron chi connectivity index (χ3n) is 5.00. The van der Waals surface area contributed by atoms with Crippen molar-refractivity contribution < 1.29 is 36.7 Å². The number of furan rings is 1. The van der Waals surface area contributed by atoms with Gasteiger partial charge in [0, 0.05) is 11.9 Å². The first-order valence-electron chi connectivity index (χ1n) is 10.1. The first-order chi connectivity index (χ1) is 16.2. The molecule has 34 heavy (non-hydrogen) atoms. The van der Waals surface area contributed by atoms with Crippen LogP contribution in [-0.4, -0.2) is 33.9 Å². The summed E-state index contributed by atoms with van der Waals surface area (Å²) in [5.74, 6) is -1.18. The van der Waals surface area contributed by atoms with Crippen molar-refractivity contribution in [3.63, 3.8) is 0 Å². The van der Waals surface area contributed by atoms with Crippen LogP contribution in [0.3, 0.4) is 0 Å². The quantitative estimate of drug-likeness (QED) is 0.416. The van der Waals surface area contributed by atoms with Crippen LogP contribution in [0, 0.1) is 0 Å². The summed E-state index contributed by atoms with van der Waals surface area (Å²) >= 11 is 0. The molecule has 0 saturated carbocycles. The minimum absolute atomic E-state index is 0.0371. The molecule has 1 aliphatic rings. The standard InChI is InChI=1S/C23H18F3N3O5/c24-23(25,26)15-4-1-6-17(12-15)34-11-9-28-8-2-5-16(28)13-19-20(30)27-22(32)29(21(19)31)14-18-7-3-10-33-18/h1-8,10,12-13H,9,11,14H2,(H,27,30,32)/b19-13-. The number of benzene rings is 1. The summed E-state index contributed by atoms with van der Waals surface area (Å²) in [5, 5.41) is 2.13. The van der Waals surface area contributed by atoms with E-state index in [0.29, 0.717) is 11.5 Å². The van der Waals surface area contributed by atoms with Crippen molar-refractivity contribution in [3.05, 3.63) is 83.6 Å². The maximum Gasteiger partial charge on any atom is 0.416 e. The molecule has 4 amide bonds. The topological polar surface area (TPSA) is 93.8 Å². The summed E-state index contributed by atoms with van der Waals surface area (Å²) in [6.45, 7) is 0.122. The van der Waals surface area contributed by atoms with Crippen molar-refractivity contribution in [3.8, 4) is 5.75 Å². The summed E-state index contributed by atoms with van der Waals surface area (Å²) in [5.41, 5.74) is -0.588. The van der Waals surface area contributed by atoms with Gasteiger partial charge in [-0.25, -0.2) is 4.79 Å². The molecule has 1 fully saturated rings. The van der Waals surface area contributed by atoms with Gasteiger partial charge in [0.1, 0.15) is 23.7 Å². The Hall–Kier alpha value is -4.28. The molecule has 4 rings (SSSR count). The van der Waals surface area contributed by atoms with Crippen LogP contribution < -0.4 is 10.1 Å². The highest BCUT2D eigenvalue weighted by atomic mass is 19.4. The average Bonchev–Trinajstić information content (AvgIpc) is 3.46. The minimum atomic E-state index is -4.47. The van der Waals surface area contributed by atoms with Gasteiger partial charge in [0.25, 0.3) is 11.8 Å². The zero-order chi connectivity index (χ0) is 24.3. The fraction of sp³-hybridized carbons (Fsp3) is 0.174. The molecular weight excluding hydrogens is 455 g/mol. The minimum Gasteiger partial charge on any atom is -0.492 e. The maximum atomic E-state index is 12.9. The van der Waals surface area contributed by atoms with Crippen LogP contribution in [-0.2, 0) is 28.9 Å². The highest BCUT2D eigenvalue weighted by molar-refractivity contribution is 6.30. The summed E-state index contributed by atoms with van der Waals surface area (Å²) in [7, 11) is 0. The van der Waals surface area contributed by atoms with E-state index in [1.165, 1.54) is 24.5 Å². The Bertz CT molecular complexity index is 1240. The van der Waals surface area contributed by atoms with Crippen molar-refractivity contribution in [2.24, 2.45) is 0 Å². The van der Waals surface area contributed by atoms with Gasteiger partial charge >= 0.3 is 12.2 Å². The van der Waals surface area contributed by atoms with E-state index < -0.39 is 29.6 Å². The SMILES string of the molecule is O=C1NC(=O)N(Cc2ccco2)C(=O)/C1=C\c1cccn1CCOc1cccc(C(F)(F)F)c1. The van der Waals surface area contributed by atoms with Gasteiger partial charge in [-0.3, -0.25) is 19.8 Å². The normalized spacial score (nSPS) is 15.7. The molecule has 0 aliphatic carbocycles. The van der Waals surface area contributed by atoms with Crippen LogP contribution in [0.5, 0.6) is 5.75 Å². The molecule has 1 aromatic carbocycles. The Labute approximate surface area is 191 Å². The van der Waals surface area contributed by atoms with E-state index in [4.69, 9.17) is 9.15 Å². The molecule has 0 atom stereocenters. The molecule has 0 spiro atoms. The van der Waals surface area contributed by atoms with E-state index in [9.17, 15) is 27.6 Å². The van der Waals surface area contributed by atoms with E-state index in [0.717, 1.165) is 17.0 Å². The number of imide groups is 2. The first-order valence-corrected chi connectivity index (χ1v) is 10.1. The number of hydrogen-bond acceptors (Lipinski definition) is 5. The van der Waals surface area contributed by atoms with E-state index in [1.807, 2.05) is 0 Å². The molecule has 1 N–H and O–H groups in total.